The second-order valence-corrected chi connectivity index (χ2v) is 8.69. The van der Waals surface area contributed by atoms with Crippen LogP contribution in [0.2, 0.25) is 5.02 Å². The van der Waals surface area contributed by atoms with Gasteiger partial charge in [-0.3, -0.25) is 4.57 Å². The molecule has 10 heteroatoms. The van der Waals surface area contributed by atoms with Crippen LogP contribution in [0.25, 0.3) is 22.0 Å². The lowest BCUT2D eigenvalue weighted by molar-refractivity contribution is 0.415. The Morgan fingerprint density at radius 1 is 1.28 bits per heavy atom. The van der Waals surface area contributed by atoms with Crippen molar-refractivity contribution in [2.45, 2.75) is 11.3 Å². The summed E-state index contributed by atoms with van der Waals surface area (Å²) >= 11 is 6.16. The van der Waals surface area contributed by atoms with E-state index < -0.39 is 15.8 Å². The molecule has 0 aliphatic heterocycles. The van der Waals surface area contributed by atoms with Crippen molar-refractivity contribution in [3.63, 3.8) is 0 Å². The van der Waals surface area contributed by atoms with Gasteiger partial charge in [0.2, 0.25) is 10.0 Å². The van der Waals surface area contributed by atoms with Gasteiger partial charge in [0.15, 0.2) is 5.58 Å². The number of fused-ring (bicyclic) bond motifs is 2. The van der Waals surface area contributed by atoms with Crippen LogP contribution in [-0.2, 0) is 23.5 Å². The van der Waals surface area contributed by atoms with Gasteiger partial charge in [0.1, 0.15) is 10.6 Å². The summed E-state index contributed by atoms with van der Waals surface area (Å²) in [6.45, 7) is 0.166. The van der Waals surface area contributed by atoms with E-state index in [1.807, 2.05) is 24.4 Å². The number of rotatable bonds is 6. The highest BCUT2D eigenvalue weighted by molar-refractivity contribution is 7.89. The third kappa shape index (κ3) is 3.52. The Kier molecular flexibility index (Phi) is 4.89. The number of aromatic amines is 1. The van der Waals surface area contributed by atoms with Crippen molar-refractivity contribution in [3.05, 3.63) is 57.7 Å². The third-order valence-corrected chi connectivity index (χ3v) is 6.72. The molecular weight excluding hydrogens is 418 g/mol. The van der Waals surface area contributed by atoms with Crippen LogP contribution in [-0.4, -0.2) is 31.6 Å². The zero-order valence-corrected chi connectivity index (χ0v) is 17.2. The number of hydrogen-bond acceptors (Lipinski definition) is 5. The third-order valence-electron chi connectivity index (χ3n) is 4.80. The Morgan fingerprint density at radius 2 is 2.07 bits per heavy atom. The van der Waals surface area contributed by atoms with Crippen LogP contribution >= 0.6 is 11.6 Å². The van der Waals surface area contributed by atoms with Crippen LogP contribution in [0.1, 0.15) is 5.56 Å². The summed E-state index contributed by atoms with van der Waals surface area (Å²) in [4.78, 5) is 14.7. The second-order valence-electron chi connectivity index (χ2n) is 6.55. The van der Waals surface area contributed by atoms with Gasteiger partial charge in [-0.05, 0) is 36.2 Å². The number of methoxy groups -OCH3 is 1. The highest BCUT2D eigenvalue weighted by Crippen LogP contribution is 2.27. The van der Waals surface area contributed by atoms with Gasteiger partial charge in [0, 0.05) is 36.8 Å². The van der Waals surface area contributed by atoms with E-state index in [2.05, 4.69) is 9.71 Å². The minimum absolute atomic E-state index is 0.0123. The highest BCUT2D eigenvalue weighted by Gasteiger charge is 2.21. The fraction of sp³-hybridized carbons (Fsp3) is 0.211. The number of aryl methyl sites for hydroxylation is 1. The van der Waals surface area contributed by atoms with Crippen molar-refractivity contribution in [1.82, 2.24) is 14.3 Å². The number of ether oxygens (including phenoxy) is 1. The monoisotopic (exact) mass is 435 g/mol. The van der Waals surface area contributed by atoms with Crippen molar-refractivity contribution in [2.24, 2.45) is 7.05 Å². The number of sulfonamides is 1. The van der Waals surface area contributed by atoms with E-state index in [0.717, 1.165) is 22.2 Å². The summed E-state index contributed by atoms with van der Waals surface area (Å²) in [5.41, 5.74) is 2.48. The summed E-state index contributed by atoms with van der Waals surface area (Å²) in [7, 11) is -0.778. The van der Waals surface area contributed by atoms with Crippen LogP contribution in [0.15, 0.2) is 50.6 Å². The Bertz CT molecular complexity index is 1380. The number of hydrogen-bond donors (Lipinski definition) is 2. The van der Waals surface area contributed by atoms with E-state index in [4.69, 9.17) is 20.8 Å². The van der Waals surface area contributed by atoms with Crippen molar-refractivity contribution in [3.8, 4) is 5.75 Å². The van der Waals surface area contributed by atoms with Crippen LogP contribution < -0.4 is 15.2 Å². The predicted octanol–water partition coefficient (Wildman–Crippen LogP) is 2.80. The summed E-state index contributed by atoms with van der Waals surface area (Å²) < 4.78 is 39.6. The zero-order valence-electron chi connectivity index (χ0n) is 15.7. The van der Waals surface area contributed by atoms with Gasteiger partial charge in [0.05, 0.1) is 17.6 Å². The molecule has 0 atom stereocenters. The topological polar surface area (TPSA) is 106 Å². The average molecular weight is 436 g/mol. The molecule has 0 saturated carbocycles. The quantitative estimate of drug-likeness (QED) is 0.484. The summed E-state index contributed by atoms with van der Waals surface area (Å²) in [5, 5.41) is 0.979. The van der Waals surface area contributed by atoms with Gasteiger partial charge in [-0.2, -0.15) is 0 Å². The standard InChI is InChI=1S/C19H18ClN3O5S/c1-23-16-8-14(20)18(9-17(16)28-19(23)24)29(25,26)22-6-5-11-10-21-15-4-3-12(27-2)7-13(11)15/h3-4,7-10,21-22H,5-6H2,1-2H3. The number of aromatic nitrogens is 2. The average Bonchev–Trinajstić information content (AvgIpc) is 3.21. The molecule has 0 fully saturated rings. The Hall–Kier alpha value is -2.75. The molecule has 2 N–H and O–H groups in total. The molecule has 152 valence electrons. The lowest BCUT2D eigenvalue weighted by Crippen LogP contribution is -2.26. The number of H-pyrrole nitrogens is 1. The highest BCUT2D eigenvalue weighted by atomic mass is 35.5. The van der Waals surface area contributed by atoms with E-state index in [-0.39, 0.29) is 22.0 Å². The maximum Gasteiger partial charge on any atom is 0.419 e. The molecule has 0 unspecified atom stereocenters. The normalized spacial score (nSPS) is 12.1. The molecule has 0 spiro atoms. The van der Waals surface area contributed by atoms with E-state index in [9.17, 15) is 13.2 Å². The summed E-state index contributed by atoms with van der Waals surface area (Å²) in [5.74, 6) is 0.136. The molecule has 0 aliphatic carbocycles. The first kappa shape index (κ1) is 19.6. The maximum atomic E-state index is 12.7. The molecule has 4 rings (SSSR count). The fourth-order valence-electron chi connectivity index (χ4n) is 3.22. The minimum Gasteiger partial charge on any atom is -0.497 e. The number of oxazole rings is 1. The van der Waals surface area contributed by atoms with E-state index in [1.165, 1.54) is 23.7 Å². The molecule has 0 aliphatic rings. The zero-order chi connectivity index (χ0) is 20.8. The molecular formula is C19H18ClN3O5S. The van der Waals surface area contributed by atoms with Gasteiger partial charge < -0.3 is 14.1 Å². The summed E-state index contributed by atoms with van der Waals surface area (Å²) in [6, 6.07) is 8.33. The number of halogens is 1. The van der Waals surface area contributed by atoms with Crippen molar-refractivity contribution < 1.29 is 17.6 Å². The molecule has 2 heterocycles. The van der Waals surface area contributed by atoms with E-state index in [0.29, 0.717) is 11.9 Å². The van der Waals surface area contributed by atoms with E-state index in [1.54, 1.807) is 7.11 Å². The number of nitrogens with one attached hydrogen (secondary N) is 2. The van der Waals surface area contributed by atoms with Crippen LogP contribution in [0, 0.1) is 0 Å². The van der Waals surface area contributed by atoms with Crippen LogP contribution in [0.5, 0.6) is 5.75 Å². The molecule has 29 heavy (non-hydrogen) atoms. The molecule has 2 aromatic heterocycles. The van der Waals surface area contributed by atoms with Crippen molar-refractivity contribution in [2.75, 3.05) is 13.7 Å². The van der Waals surface area contributed by atoms with Gasteiger partial charge in [-0.15, -0.1) is 0 Å². The van der Waals surface area contributed by atoms with Gasteiger partial charge >= 0.3 is 5.76 Å². The van der Waals surface area contributed by atoms with Crippen molar-refractivity contribution in [1.29, 1.82) is 0 Å². The number of benzene rings is 2. The SMILES string of the molecule is COc1ccc2[nH]cc(CCNS(=O)(=O)c3cc4oc(=O)n(C)c4cc3Cl)c2c1. The second kappa shape index (κ2) is 7.25. The molecule has 0 bridgehead atoms. The van der Waals surface area contributed by atoms with Gasteiger partial charge in [-0.25, -0.2) is 17.9 Å². The van der Waals surface area contributed by atoms with E-state index >= 15 is 0 Å². The lowest BCUT2D eigenvalue weighted by Gasteiger charge is -2.08. The molecule has 0 radical (unpaired) electrons. The number of nitrogens with zero attached hydrogens (tertiary/aromatic N) is 1. The van der Waals surface area contributed by atoms with Gasteiger partial charge in [-0.1, -0.05) is 11.6 Å². The molecule has 0 amide bonds. The maximum absolute atomic E-state index is 12.7. The fourth-order valence-corrected chi connectivity index (χ4v) is 4.79. The Morgan fingerprint density at radius 3 is 2.83 bits per heavy atom. The predicted molar refractivity (Wildman–Crippen MR) is 110 cm³/mol. The Labute approximate surface area is 171 Å². The first-order valence-corrected chi connectivity index (χ1v) is 10.6. The smallest absolute Gasteiger partial charge is 0.419 e. The Balaban J connectivity index is 1.56. The molecule has 8 nitrogen and oxygen atoms in total. The minimum atomic E-state index is -3.89. The molecule has 4 aromatic rings. The van der Waals surface area contributed by atoms with Crippen LogP contribution in [0.3, 0.4) is 0 Å². The first-order valence-electron chi connectivity index (χ1n) is 8.73. The largest absolute Gasteiger partial charge is 0.497 e. The lowest BCUT2D eigenvalue weighted by atomic mass is 10.1. The van der Waals surface area contributed by atoms with Crippen LogP contribution in [0.4, 0.5) is 0 Å². The molecule has 2 aromatic carbocycles. The van der Waals surface area contributed by atoms with Crippen molar-refractivity contribution >= 4 is 43.6 Å². The summed E-state index contributed by atoms with van der Waals surface area (Å²) in [6.07, 6.45) is 2.31. The van der Waals surface area contributed by atoms with Gasteiger partial charge in [0.25, 0.3) is 0 Å². The molecule has 0 saturated heterocycles. The first-order chi connectivity index (χ1) is 13.8.